The van der Waals surface area contributed by atoms with Crippen molar-refractivity contribution in [2.45, 2.75) is 97.1 Å². The van der Waals surface area contributed by atoms with Crippen LogP contribution in [-0.2, 0) is 19.1 Å². The third kappa shape index (κ3) is 7.76. The fourth-order valence-electron chi connectivity index (χ4n) is 3.55. The molecular weight excluding hydrogens is 481 g/mol. The lowest BCUT2D eigenvalue weighted by atomic mass is 9.95. The van der Waals surface area contributed by atoms with Crippen molar-refractivity contribution >= 4 is 23.7 Å². The number of hydrogen-bond acceptors (Lipinski definition) is 5. The molecule has 3 amide bonds. The zero-order valence-corrected chi connectivity index (χ0v) is 20.9. The van der Waals surface area contributed by atoms with Crippen LogP contribution in [-0.4, -0.2) is 71.0 Å². The number of ketones is 1. The van der Waals surface area contributed by atoms with Gasteiger partial charge in [0.05, 0.1) is 6.04 Å². The molecule has 1 aliphatic heterocycles. The van der Waals surface area contributed by atoms with E-state index in [1.807, 2.05) is 5.32 Å². The van der Waals surface area contributed by atoms with Crippen molar-refractivity contribution in [1.29, 1.82) is 0 Å². The predicted molar refractivity (Wildman–Crippen MR) is 116 cm³/mol. The number of carbonyl (C=O) groups excluding carboxylic acids is 4. The summed E-state index contributed by atoms with van der Waals surface area (Å²) < 4.78 is 70.6. The largest absolute Gasteiger partial charge is 0.461 e. The number of Topliss-reactive ketones (excluding diaryl/α,β-unsaturated/α-hetero) is 1. The van der Waals surface area contributed by atoms with Crippen LogP contribution in [0.3, 0.4) is 0 Å². The molecule has 13 heteroatoms. The Morgan fingerprint density at radius 3 is 1.83 bits per heavy atom. The summed E-state index contributed by atoms with van der Waals surface area (Å²) in [4.78, 5) is 51.4. The molecule has 1 fully saturated rings. The van der Waals surface area contributed by atoms with Gasteiger partial charge in [0, 0.05) is 6.54 Å². The van der Waals surface area contributed by atoms with E-state index in [2.05, 4.69) is 5.32 Å². The van der Waals surface area contributed by atoms with Crippen LogP contribution >= 0.6 is 0 Å². The van der Waals surface area contributed by atoms with E-state index >= 15 is 0 Å². The third-order valence-corrected chi connectivity index (χ3v) is 5.36. The highest BCUT2D eigenvalue weighted by Crippen LogP contribution is 2.37. The average molecular weight is 516 g/mol. The first-order valence-corrected chi connectivity index (χ1v) is 11.3. The van der Waals surface area contributed by atoms with Gasteiger partial charge in [0.25, 0.3) is 0 Å². The van der Waals surface area contributed by atoms with Crippen molar-refractivity contribution in [2.75, 3.05) is 6.54 Å². The number of ether oxygens (including phenoxy) is 1. The molecule has 0 unspecified atom stereocenters. The Hall–Kier alpha value is -2.47. The number of nitrogens with zero attached hydrogens (tertiary/aromatic N) is 1. The molecule has 0 spiro atoms. The first-order valence-electron chi connectivity index (χ1n) is 11.3. The zero-order valence-electron chi connectivity index (χ0n) is 20.9. The summed E-state index contributed by atoms with van der Waals surface area (Å²) in [6.45, 7) is 10.7. The summed E-state index contributed by atoms with van der Waals surface area (Å²) in [5.41, 5.74) is -0.832. The molecule has 0 saturated carbocycles. The van der Waals surface area contributed by atoms with Gasteiger partial charge in [-0.3, -0.25) is 14.4 Å². The van der Waals surface area contributed by atoms with Crippen molar-refractivity contribution in [3.05, 3.63) is 0 Å². The minimum atomic E-state index is -6.12. The molecule has 0 aromatic rings. The van der Waals surface area contributed by atoms with E-state index in [0.29, 0.717) is 6.42 Å². The molecule has 3 atom stereocenters. The molecule has 0 aromatic carbocycles. The Balaban J connectivity index is 3.08. The first-order chi connectivity index (χ1) is 15.7. The van der Waals surface area contributed by atoms with Crippen molar-refractivity contribution in [2.24, 2.45) is 11.8 Å². The van der Waals surface area contributed by atoms with Gasteiger partial charge in [0.15, 0.2) is 0 Å². The first kappa shape index (κ1) is 30.6. The Morgan fingerprint density at radius 1 is 0.886 bits per heavy atom. The van der Waals surface area contributed by atoms with Gasteiger partial charge >= 0.3 is 18.2 Å². The molecule has 1 aliphatic rings. The average Bonchev–Trinajstić information content (AvgIpc) is 3.16. The summed E-state index contributed by atoms with van der Waals surface area (Å²) >= 11 is 0. The smallest absolute Gasteiger partial charge is 0.444 e. The molecule has 0 radical (unpaired) electrons. The van der Waals surface area contributed by atoms with Crippen LogP contribution in [0.1, 0.15) is 61.3 Å². The van der Waals surface area contributed by atoms with E-state index in [1.165, 1.54) is 13.8 Å². The molecule has 8 nitrogen and oxygen atoms in total. The fourth-order valence-corrected chi connectivity index (χ4v) is 3.55. The number of alkyl halides is 5. The monoisotopic (exact) mass is 515 g/mol. The summed E-state index contributed by atoms with van der Waals surface area (Å²) in [7, 11) is 0. The summed E-state index contributed by atoms with van der Waals surface area (Å²) in [6, 6.07) is -4.43. The van der Waals surface area contributed by atoms with Crippen molar-refractivity contribution in [3.8, 4) is 0 Å². The summed E-state index contributed by atoms with van der Waals surface area (Å²) in [5.74, 6) is -11.3. The molecule has 0 aromatic heterocycles. The molecule has 0 bridgehead atoms. The lowest BCUT2D eigenvalue weighted by Gasteiger charge is -2.32. The number of halogens is 5. The Bertz CT molecular complexity index is 808. The number of hydrogen-bond donors (Lipinski definition) is 2. The van der Waals surface area contributed by atoms with Crippen LogP contribution in [0.4, 0.5) is 26.7 Å². The number of carbonyl (C=O) groups is 4. The van der Waals surface area contributed by atoms with Gasteiger partial charge in [-0.2, -0.15) is 22.0 Å². The minimum absolute atomic E-state index is 0.0924. The SMILES string of the molecule is CC(C)[C@H](NC(=O)OC(C)(C)C)C(=O)N1CCC[C@H]1C(=O)N[C@H](C(=O)C(F)(F)C(F)(F)F)C(C)C. The van der Waals surface area contributed by atoms with Gasteiger partial charge < -0.3 is 20.3 Å². The van der Waals surface area contributed by atoms with Gasteiger partial charge in [0.1, 0.15) is 17.7 Å². The highest BCUT2D eigenvalue weighted by Gasteiger charge is 2.64. The Kier molecular flexibility index (Phi) is 9.66. The number of rotatable bonds is 8. The van der Waals surface area contributed by atoms with E-state index in [9.17, 15) is 41.1 Å². The molecule has 1 saturated heterocycles. The molecule has 0 aliphatic carbocycles. The van der Waals surface area contributed by atoms with Crippen molar-refractivity contribution in [1.82, 2.24) is 15.5 Å². The topological polar surface area (TPSA) is 105 Å². The highest BCUT2D eigenvalue weighted by molar-refractivity contribution is 5.97. The molecule has 2 N–H and O–H groups in total. The van der Waals surface area contributed by atoms with Crippen molar-refractivity contribution in [3.63, 3.8) is 0 Å². The quantitative estimate of drug-likeness (QED) is 0.482. The normalized spacial score (nSPS) is 18.9. The second-order valence-electron chi connectivity index (χ2n) is 10.2. The lowest BCUT2D eigenvalue weighted by molar-refractivity contribution is -0.270. The lowest BCUT2D eigenvalue weighted by Crippen LogP contribution is -2.60. The maximum Gasteiger partial charge on any atom is 0.461 e. The van der Waals surface area contributed by atoms with Crippen LogP contribution in [0.15, 0.2) is 0 Å². The van der Waals surface area contributed by atoms with Gasteiger partial charge in [-0.05, 0) is 45.4 Å². The second kappa shape index (κ2) is 11.1. The van der Waals surface area contributed by atoms with Crippen LogP contribution in [0.25, 0.3) is 0 Å². The van der Waals surface area contributed by atoms with Gasteiger partial charge in [0.2, 0.25) is 17.6 Å². The van der Waals surface area contributed by atoms with Crippen LogP contribution < -0.4 is 10.6 Å². The van der Waals surface area contributed by atoms with E-state index in [0.717, 1.165) is 4.90 Å². The third-order valence-electron chi connectivity index (χ3n) is 5.36. The van der Waals surface area contributed by atoms with Gasteiger partial charge in [-0.1, -0.05) is 27.7 Å². The molecule has 202 valence electrons. The molecule has 35 heavy (non-hydrogen) atoms. The highest BCUT2D eigenvalue weighted by atomic mass is 19.4. The predicted octanol–water partition coefficient (Wildman–Crippen LogP) is 3.43. The molecule has 1 heterocycles. The van der Waals surface area contributed by atoms with Crippen LogP contribution in [0, 0.1) is 11.8 Å². The van der Waals surface area contributed by atoms with E-state index in [4.69, 9.17) is 4.74 Å². The van der Waals surface area contributed by atoms with Crippen molar-refractivity contribution < 1.29 is 45.9 Å². The Morgan fingerprint density at radius 2 is 1.40 bits per heavy atom. The minimum Gasteiger partial charge on any atom is -0.444 e. The maximum absolute atomic E-state index is 13.7. The summed E-state index contributed by atoms with van der Waals surface area (Å²) in [6.07, 6.45) is -6.52. The van der Waals surface area contributed by atoms with Gasteiger partial charge in [-0.15, -0.1) is 0 Å². The molecular formula is C22H34F5N3O5. The second-order valence-corrected chi connectivity index (χ2v) is 10.2. The van der Waals surface area contributed by atoms with E-state index in [1.54, 1.807) is 34.6 Å². The van der Waals surface area contributed by atoms with E-state index in [-0.39, 0.29) is 13.0 Å². The maximum atomic E-state index is 13.7. The van der Waals surface area contributed by atoms with Crippen LogP contribution in [0.5, 0.6) is 0 Å². The van der Waals surface area contributed by atoms with Gasteiger partial charge in [-0.25, -0.2) is 4.79 Å². The number of nitrogens with one attached hydrogen (secondary N) is 2. The zero-order chi connectivity index (χ0) is 27.5. The molecule has 1 rings (SSSR count). The van der Waals surface area contributed by atoms with E-state index < -0.39 is 71.4 Å². The number of amides is 3. The fraction of sp³-hybridized carbons (Fsp3) is 0.818. The summed E-state index contributed by atoms with van der Waals surface area (Å²) in [5, 5.41) is 4.45. The van der Waals surface area contributed by atoms with Crippen LogP contribution in [0.2, 0.25) is 0 Å². The number of alkyl carbamates (subject to hydrolysis) is 1. The number of likely N-dealkylation sites (tertiary alicyclic amines) is 1. The standard InChI is InChI=1S/C22H34F5N3O5/c1-11(2)14(16(31)21(23,24)22(25,26)27)28-17(32)13-9-8-10-30(13)18(33)15(12(3)4)29-19(34)35-20(5,6)7/h11-15H,8-10H2,1-7H3,(H,28,32)(H,29,34)/t13-,14-,15-/m0/s1. The Labute approximate surface area is 201 Å².